The molecule has 0 aromatic heterocycles. The number of rotatable bonds is 5. The standard InChI is InChI=1S/C27H26N2P/c1-28-27(23-15-7-3-8-16-23)29(2)30(24-17-9-4-10-18-24,25-19-11-5-12-20-25)26-21-13-6-14-22-26/h3-22H,1-2H3/q+1. The molecule has 0 spiro atoms. The molecule has 0 saturated heterocycles. The van der Waals surface area contributed by atoms with Crippen LogP contribution in [0.2, 0.25) is 0 Å². The van der Waals surface area contributed by atoms with Gasteiger partial charge in [-0.15, -0.1) is 0 Å². The third-order valence-electron chi connectivity index (χ3n) is 5.39. The van der Waals surface area contributed by atoms with E-state index in [1.165, 1.54) is 15.9 Å². The molecular formula is C27H26N2P+. The third kappa shape index (κ3) is 3.56. The molecule has 3 heteroatoms. The van der Waals surface area contributed by atoms with Gasteiger partial charge in [0.1, 0.15) is 15.9 Å². The van der Waals surface area contributed by atoms with Crippen molar-refractivity contribution in [2.24, 2.45) is 4.99 Å². The van der Waals surface area contributed by atoms with E-state index in [-0.39, 0.29) is 0 Å². The zero-order valence-electron chi connectivity index (χ0n) is 17.4. The quantitative estimate of drug-likeness (QED) is 0.260. The second kappa shape index (κ2) is 9.07. The van der Waals surface area contributed by atoms with Gasteiger partial charge in [0.15, 0.2) is 5.84 Å². The summed E-state index contributed by atoms with van der Waals surface area (Å²) >= 11 is 0. The second-order valence-electron chi connectivity index (χ2n) is 7.08. The van der Waals surface area contributed by atoms with Crippen molar-refractivity contribution >= 4 is 29.2 Å². The molecule has 148 valence electrons. The number of hydrogen-bond donors (Lipinski definition) is 0. The summed E-state index contributed by atoms with van der Waals surface area (Å²) in [5, 5.41) is 3.92. The van der Waals surface area contributed by atoms with Gasteiger partial charge in [-0.25, -0.2) is 4.67 Å². The molecule has 0 radical (unpaired) electrons. The van der Waals surface area contributed by atoms with Crippen LogP contribution in [0.4, 0.5) is 0 Å². The van der Waals surface area contributed by atoms with E-state index in [2.05, 4.69) is 127 Å². The van der Waals surface area contributed by atoms with E-state index in [9.17, 15) is 0 Å². The summed E-state index contributed by atoms with van der Waals surface area (Å²) in [6, 6.07) is 43.0. The Balaban J connectivity index is 2.05. The summed E-state index contributed by atoms with van der Waals surface area (Å²) in [6.07, 6.45) is 0. The number of hydrogen-bond acceptors (Lipinski definition) is 1. The van der Waals surface area contributed by atoms with Crippen molar-refractivity contribution in [1.82, 2.24) is 4.67 Å². The Morgan fingerprint density at radius 3 is 1.23 bits per heavy atom. The molecule has 0 unspecified atom stereocenters. The lowest BCUT2D eigenvalue weighted by molar-refractivity contribution is 0.815. The summed E-state index contributed by atoms with van der Waals surface area (Å²) in [5.74, 6) is 0.987. The Kier molecular flexibility index (Phi) is 6.07. The van der Waals surface area contributed by atoms with E-state index in [0.717, 1.165) is 11.4 Å². The number of benzene rings is 4. The van der Waals surface area contributed by atoms with Gasteiger partial charge in [0.25, 0.3) is 0 Å². The monoisotopic (exact) mass is 409 g/mol. The van der Waals surface area contributed by atoms with Gasteiger partial charge in [0.05, 0.1) is 0 Å². The molecule has 4 aromatic rings. The van der Waals surface area contributed by atoms with Crippen molar-refractivity contribution in [2.75, 3.05) is 14.1 Å². The van der Waals surface area contributed by atoms with Crippen LogP contribution in [0, 0.1) is 0 Å². The van der Waals surface area contributed by atoms with Gasteiger partial charge >= 0.3 is 0 Å². The molecule has 0 N–H and O–H groups in total. The van der Waals surface area contributed by atoms with E-state index in [1.54, 1.807) is 0 Å². The van der Waals surface area contributed by atoms with Crippen molar-refractivity contribution in [3.63, 3.8) is 0 Å². The van der Waals surface area contributed by atoms with E-state index in [4.69, 9.17) is 4.99 Å². The van der Waals surface area contributed by atoms with Crippen LogP contribution in [0.5, 0.6) is 0 Å². The fourth-order valence-corrected chi connectivity index (χ4v) is 8.32. The lowest BCUT2D eigenvalue weighted by Gasteiger charge is -2.36. The summed E-state index contributed by atoms with van der Waals surface area (Å²) in [4.78, 5) is 4.77. The molecule has 0 amide bonds. The molecule has 0 heterocycles. The van der Waals surface area contributed by atoms with Crippen LogP contribution in [0.25, 0.3) is 0 Å². The molecular weight excluding hydrogens is 383 g/mol. The minimum Gasteiger partial charge on any atom is -0.269 e. The minimum absolute atomic E-state index is 0.987. The van der Waals surface area contributed by atoms with E-state index in [1.807, 2.05) is 13.1 Å². The highest BCUT2D eigenvalue weighted by Gasteiger charge is 2.51. The van der Waals surface area contributed by atoms with Gasteiger partial charge < -0.3 is 0 Å². The fraction of sp³-hybridized carbons (Fsp3) is 0.0741. The molecule has 0 aliphatic heterocycles. The second-order valence-corrected chi connectivity index (χ2v) is 10.5. The summed E-state index contributed by atoms with van der Waals surface area (Å²) in [7, 11) is 1.89. The molecule has 0 atom stereocenters. The number of nitrogens with zero attached hydrogens (tertiary/aromatic N) is 2. The van der Waals surface area contributed by atoms with Crippen LogP contribution < -0.4 is 15.9 Å². The largest absolute Gasteiger partial charge is 0.269 e. The first-order valence-corrected chi connectivity index (χ1v) is 11.8. The van der Waals surface area contributed by atoms with Gasteiger partial charge in [-0.2, -0.15) is 0 Å². The van der Waals surface area contributed by atoms with E-state index in [0.29, 0.717) is 0 Å². The lowest BCUT2D eigenvalue weighted by Crippen LogP contribution is -2.44. The molecule has 0 aliphatic rings. The van der Waals surface area contributed by atoms with Crippen LogP contribution in [-0.2, 0) is 0 Å². The zero-order chi connectivity index (χ0) is 20.8. The van der Waals surface area contributed by atoms with E-state index < -0.39 is 7.41 Å². The van der Waals surface area contributed by atoms with Crippen molar-refractivity contribution < 1.29 is 0 Å². The summed E-state index contributed by atoms with van der Waals surface area (Å²) in [6.45, 7) is 0. The maximum absolute atomic E-state index is 4.77. The first kappa shape index (κ1) is 20.1. The number of amidine groups is 1. The van der Waals surface area contributed by atoms with Gasteiger partial charge in [-0.3, -0.25) is 4.99 Å². The fourth-order valence-electron chi connectivity index (χ4n) is 4.09. The van der Waals surface area contributed by atoms with Crippen molar-refractivity contribution in [3.05, 3.63) is 127 Å². The highest BCUT2D eigenvalue weighted by atomic mass is 31.2. The van der Waals surface area contributed by atoms with Gasteiger partial charge in [0.2, 0.25) is 7.41 Å². The smallest absolute Gasteiger partial charge is 0.203 e. The maximum atomic E-state index is 4.77. The van der Waals surface area contributed by atoms with Crippen LogP contribution in [0.15, 0.2) is 126 Å². The van der Waals surface area contributed by atoms with Crippen molar-refractivity contribution in [2.45, 2.75) is 0 Å². The SMILES string of the molecule is CN=C(c1ccccc1)N(C)[P+](c1ccccc1)(c1ccccc1)c1ccccc1. The maximum Gasteiger partial charge on any atom is 0.203 e. The lowest BCUT2D eigenvalue weighted by atomic mass is 10.2. The topological polar surface area (TPSA) is 15.6 Å². The van der Waals surface area contributed by atoms with Crippen molar-refractivity contribution in [3.8, 4) is 0 Å². The molecule has 2 nitrogen and oxygen atoms in total. The Labute approximate surface area is 179 Å². The summed E-state index contributed by atoms with van der Waals surface area (Å²) < 4.78 is 2.42. The first-order chi connectivity index (χ1) is 14.8. The van der Waals surface area contributed by atoms with Gasteiger partial charge in [-0.1, -0.05) is 84.9 Å². The Morgan fingerprint density at radius 2 is 0.900 bits per heavy atom. The molecule has 4 aromatic carbocycles. The van der Waals surface area contributed by atoms with Gasteiger partial charge in [-0.05, 0) is 36.4 Å². The predicted octanol–water partition coefficient (Wildman–Crippen LogP) is 4.90. The molecule has 0 saturated carbocycles. The van der Waals surface area contributed by atoms with Crippen LogP contribution >= 0.6 is 7.41 Å². The third-order valence-corrected chi connectivity index (χ3v) is 9.62. The normalized spacial score (nSPS) is 11.9. The molecule has 0 bridgehead atoms. The van der Waals surface area contributed by atoms with Gasteiger partial charge in [0, 0.05) is 19.7 Å². The van der Waals surface area contributed by atoms with Crippen LogP contribution in [0.3, 0.4) is 0 Å². The molecule has 0 fully saturated rings. The van der Waals surface area contributed by atoms with Crippen LogP contribution in [0.1, 0.15) is 5.56 Å². The predicted molar refractivity (Wildman–Crippen MR) is 132 cm³/mol. The number of aliphatic imine (C=N–C) groups is 1. The zero-order valence-corrected chi connectivity index (χ0v) is 18.3. The highest BCUT2D eigenvalue weighted by Crippen LogP contribution is 2.58. The highest BCUT2D eigenvalue weighted by molar-refractivity contribution is 7.94. The molecule has 0 aliphatic carbocycles. The minimum atomic E-state index is -2.18. The van der Waals surface area contributed by atoms with Crippen LogP contribution in [-0.4, -0.2) is 24.6 Å². The average Bonchev–Trinajstić information content (AvgIpc) is 2.83. The average molecular weight is 409 g/mol. The Hall–Kier alpha value is -3.22. The Morgan fingerprint density at radius 1 is 0.567 bits per heavy atom. The molecule has 30 heavy (non-hydrogen) atoms. The van der Waals surface area contributed by atoms with E-state index >= 15 is 0 Å². The Bertz CT molecular complexity index is 998. The van der Waals surface area contributed by atoms with Crippen molar-refractivity contribution in [1.29, 1.82) is 0 Å². The summed E-state index contributed by atoms with van der Waals surface area (Å²) in [5.41, 5.74) is 1.12. The first-order valence-electron chi connectivity index (χ1n) is 10.1. The molecule has 4 rings (SSSR count).